The zero-order chi connectivity index (χ0) is 40.0. The molecule has 0 atom stereocenters. The van der Waals surface area contributed by atoms with E-state index in [0.717, 1.165) is 17.2 Å². The molecule has 0 saturated carbocycles. The predicted octanol–water partition coefficient (Wildman–Crippen LogP) is 12.1. The summed E-state index contributed by atoms with van der Waals surface area (Å²) in [7, 11) is 0. The number of hydrogen-bond acceptors (Lipinski definition) is 5. The molecule has 0 radical (unpaired) electrons. The first-order valence-corrected chi connectivity index (χ1v) is 21.0. The number of hydrogen-bond donors (Lipinski definition) is 0. The number of benzene rings is 5. The van der Waals surface area contributed by atoms with Crippen LogP contribution in [-0.2, 0) is 16.2 Å². The van der Waals surface area contributed by atoms with E-state index in [-0.39, 0.29) is 29.8 Å². The van der Waals surface area contributed by atoms with Crippen LogP contribution < -0.4 is 35.7 Å². The van der Waals surface area contributed by atoms with Crippen LogP contribution in [0.1, 0.15) is 107 Å². The largest absolute Gasteiger partial charge is 0.454 e. The molecule has 0 fully saturated rings. The molecule has 286 valence electrons. The van der Waals surface area contributed by atoms with E-state index in [1.165, 1.54) is 98.7 Å². The van der Waals surface area contributed by atoms with Crippen LogP contribution >= 0.6 is 11.3 Å². The van der Waals surface area contributed by atoms with Gasteiger partial charge < -0.3 is 19.3 Å². The first-order valence-electron chi connectivity index (χ1n) is 20.2. The zero-order valence-electron chi connectivity index (χ0n) is 35.8. The van der Waals surface area contributed by atoms with Crippen LogP contribution in [0, 0.1) is 34.6 Å². The van der Waals surface area contributed by atoms with Crippen LogP contribution in [0.15, 0.2) is 66.7 Å². The molecule has 56 heavy (non-hydrogen) atoms. The van der Waals surface area contributed by atoms with Gasteiger partial charge in [0.05, 0.1) is 16.4 Å². The SMILES string of the molecule is Cc1cc2c3c(c1)N(c1c(C)cc(C(C)(C)C)cc1C)c1sc4ccc(C(C)(C)C)cc4c1B3c1cc3c(cc1N2c1c(C)cc(C(C)(C)C)cc1C)OCO3. The molecule has 6 aromatic rings. The summed E-state index contributed by atoms with van der Waals surface area (Å²) in [4.78, 5) is 5.19. The minimum Gasteiger partial charge on any atom is -0.454 e. The molecule has 0 spiro atoms. The van der Waals surface area contributed by atoms with Crippen LogP contribution in [0.3, 0.4) is 0 Å². The summed E-state index contributed by atoms with van der Waals surface area (Å²) in [5.74, 6) is 1.63. The lowest BCUT2D eigenvalue weighted by molar-refractivity contribution is 0.174. The Balaban J connectivity index is 1.43. The van der Waals surface area contributed by atoms with E-state index >= 15 is 0 Å². The second kappa shape index (κ2) is 12.2. The Morgan fingerprint density at radius 1 is 0.536 bits per heavy atom. The van der Waals surface area contributed by atoms with Gasteiger partial charge in [0.15, 0.2) is 11.5 Å². The van der Waals surface area contributed by atoms with Crippen molar-refractivity contribution in [2.75, 3.05) is 16.6 Å². The quantitative estimate of drug-likeness (QED) is 0.164. The number of anilines is 6. The molecule has 3 aliphatic rings. The minimum atomic E-state index is -0.0134. The Morgan fingerprint density at radius 3 is 1.57 bits per heavy atom. The van der Waals surface area contributed by atoms with Crippen molar-refractivity contribution >= 4 is 78.0 Å². The number of fused-ring (bicyclic) bond motifs is 7. The highest BCUT2D eigenvalue weighted by molar-refractivity contribution is 7.26. The Kier molecular flexibility index (Phi) is 8.02. The molecule has 0 N–H and O–H groups in total. The molecule has 4 nitrogen and oxygen atoms in total. The molecule has 0 saturated heterocycles. The maximum absolute atomic E-state index is 6.19. The number of aryl methyl sites for hydroxylation is 5. The molecule has 0 bridgehead atoms. The second-order valence-electron chi connectivity index (χ2n) is 19.8. The van der Waals surface area contributed by atoms with Gasteiger partial charge in [0.1, 0.15) is 0 Å². The predicted molar refractivity (Wildman–Crippen MR) is 242 cm³/mol. The maximum atomic E-state index is 6.19. The zero-order valence-corrected chi connectivity index (χ0v) is 36.6. The summed E-state index contributed by atoms with van der Waals surface area (Å²) in [6, 6.07) is 26.3. The fourth-order valence-corrected chi connectivity index (χ4v) is 10.7. The van der Waals surface area contributed by atoms with Gasteiger partial charge >= 0.3 is 0 Å². The number of ether oxygens (including phenoxy) is 2. The summed E-state index contributed by atoms with van der Waals surface area (Å²) < 4.78 is 13.7. The standard InChI is InChI=1S/C50H55BN2O2S/c1-27-17-38-44-39(18-27)53(46-30(4)21-34(22-31(46)5)50(12,13)14)47-43(35-23-32(48(6,7)8)15-16-42(35)56-47)51(44)36-24-40-41(55-26-54-40)25-37(36)52(38)45-28(2)19-33(20-29(45)3)49(9,10)11/h15-25H,26H2,1-14H3. The highest BCUT2D eigenvalue weighted by atomic mass is 32.1. The molecular formula is C50H55BN2O2S. The topological polar surface area (TPSA) is 24.9 Å². The first kappa shape index (κ1) is 36.9. The van der Waals surface area contributed by atoms with Gasteiger partial charge in [0, 0.05) is 27.8 Å². The van der Waals surface area contributed by atoms with E-state index in [9.17, 15) is 0 Å². The fourth-order valence-electron chi connectivity index (χ4n) is 9.45. The summed E-state index contributed by atoms with van der Waals surface area (Å²) in [5, 5.41) is 2.64. The van der Waals surface area contributed by atoms with E-state index in [0.29, 0.717) is 0 Å². The van der Waals surface area contributed by atoms with Crippen LogP contribution in [0.5, 0.6) is 11.5 Å². The highest BCUT2D eigenvalue weighted by Gasteiger charge is 2.47. The van der Waals surface area contributed by atoms with Gasteiger partial charge in [-0.05, 0) is 141 Å². The van der Waals surface area contributed by atoms with E-state index < -0.39 is 0 Å². The average molecular weight is 759 g/mol. The third kappa shape index (κ3) is 5.53. The lowest BCUT2D eigenvalue weighted by Crippen LogP contribution is -2.61. The molecule has 0 unspecified atom stereocenters. The fraction of sp³-hybridized carbons (Fsp3) is 0.360. The van der Waals surface area contributed by atoms with Crippen molar-refractivity contribution < 1.29 is 9.47 Å². The molecule has 9 rings (SSSR count). The maximum Gasteiger partial charge on any atom is 0.254 e. The lowest BCUT2D eigenvalue weighted by Gasteiger charge is -2.44. The number of rotatable bonds is 2. The molecule has 1 aromatic heterocycles. The summed E-state index contributed by atoms with van der Waals surface area (Å²) in [5.41, 5.74) is 20.6. The van der Waals surface area contributed by atoms with Gasteiger partial charge in [-0.2, -0.15) is 0 Å². The van der Waals surface area contributed by atoms with Gasteiger partial charge in [0.25, 0.3) is 6.71 Å². The smallest absolute Gasteiger partial charge is 0.254 e. The van der Waals surface area contributed by atoms with Crippen LogP contribution in [-0.4, -0.2) is 13.5 Å². The van der Waals surface area contributed by atoms with Crippen molar-refractivity contribution in [3.63, 3.8) is 0 Å². The van der Waals surface area contributed by atoms with Gasteiger partial charge in [-0.25, -0.2) is 0 Å². The van der Waals surface area contributed by atoms with E-state index in [1.54, 1.807) is 0 Å². The summed E-state index contributed by atoms with van der Waals surface area (Å²) in [6.07, 6.45) is 0. The van der Waals surface area contributed by atoms with Gasteiger partial charge in [-0.3, -0.25) is 0 Å². The number of nitrogens with zero attached hydrogens (tertiary/aromatic N) is 2. The van der Waals surface area contributed by atoms with Crippen molar-refractivity contribution in [2.24, 2.45) is 0 Å². The van der Waals surface area contributed by atoms with E-state index in [2.05, 4.69) is 173 Å². The third-order valence-corrected chi connectivity index (χ3v) is 13.5. The Morgan fingerprint density at radius 2 is 1.04 bits per heavy atom. The molecule has 3 aliphatic heterocycles. The molecular weight excluding hydrogens is 703 g/mol. The van der Waals surface area contributed by atoms with Crippen molar-refractivity contribution in [1.29, 1.82) is 0 Å². The molecule has 0 amide bonds. The van der Waals surface area contributed by atoms with Crippen LogP contribution in [0.2, 0.25) is 0 Å². The van der Waals surface area contributed by atoms with Crippen molar-refractivity contribution in [3.05, 3.63) is 111 Å². The van der Waals surface area contributed by atoms with Crippen molar-refractivity contribution in [2.45, 2.75) is 113 Å². The Labute approximate surface area is 338 Å². The molecule has 5 aromatic carbocycles. The average Bonchev–Trinajstić information content (AvgIpc) is 3.71. The van der Waals surface area contributed by atoms with Crippen molar-refractivity contribution in [1.82, 2.24) is 0 Å². The number of thiophene rings is 1. The highest BCUT2D eigenvalue weighted by Crippen LogP contribution is 2.52. The summed E-state index contributed by atoms with van der Waals surface area (Å²) in [6.45, 7) is 32.5. The van der Waals surface area contributed by atoms with Gasteiger partial charge in [-0.15, -0.1) is 11.3 Å². The minimum absolute atomic E-state index is 0.00898. The lowest BCUT2D eigenvalue weighted by atomic mass is 9.33. The van der Waals surface area contributed by atoms with Crippen LogP contribution in [0.25, 0.3) is 10.1 Å². The normalized spacial score (nSPS) is 14.7. The second-order valence-corrected chi connectivity index (χ2v) is 20.8. The summed E-state index contributed by atoms with van der Waals surface area (Å²) >= 11 is 1.93. The van der Waals surface area contributed by atoms with Crippen molar-refractivity contribution in [3.8, 4) is 11.5 Å². The molecule has 0 aliphatic carbocycles. The third-order valence-electron chi connectivity index (χ3n) is 12.4. The van der Waals surface area contributed by atoms with Gasteiger partial charge in [-0.1, -0.05) is 98.7 Å². The monoisotopic (exact) mass is 758 g/mol. The first-order chi connectivity index (χ1) is 26.2. The van der Waals surface area contributed by atoms with E-state index in [1.807, 2.05) is 11.3 Å². The van der Waals surface area contributed by atoms with Crippen LogP contribution in [0.4, 0.5) is 33.4 Å². The molecule has 4 heterocycles. The van der Waals surface area contributed by atoms with Gasteiger partial charge in [0.2, 0.25) is 6.79 Å². The Bertz CT molecular complexity index is 2600. The molecule has 6 heteroatoms. The van der Waals surface area contributed by atoms with E-state index in [4.69, 9.17) is 9.47 Å². The Hall–Kier alpha value is -4.68.